The van der Waals surface area contributed by atoms with Crippen LogP contribution in [0.4, 0.5) is 5.69 Å². The van der Waals surface area contributed by atoms with Crippen molar-refractivity contribution in [2.45, 2.75) is 22.8 Å². The highest BCUT2D eigenvalue weighted by Crippen LogP contribution is 2.28. The monoisotopic (exact) mass is 520 g/mol. The van der Waals surface area contributed by atoms with Gasteiger partial charge >= 0.3 is 0 Å². The van der Waals surface area contributed by atoms with Crippen molar-refractivity contribution in [2.24, 2.45) is 0 Å². The van der Waals surface area contributed by atoms with Crippen LogP contribution >= 0.6 is 23.4 Å². The van der Waals surface area contributed by atoms with Crippen molar-refractivity contribution in [3.05, 3.63) is 77.3 Å². The third-order valence-electron chi connectivity index (χ3n) is 4.90. The van der Waals surface area contributed by atoms with E-state index in [4.69, 9.17) is 21.1 Å². The van der Waals surface area contributed by atoms with Crippen molar-refractivity contribution in [3.8, 4) is 11.5 Å². The summed E-state index contributed by atoms with van der Waals surface area (Å²) in [4.78, 5) is 13.5. The Balaban J connectivity index is 1.55. The third-order valence-corrected chi connectivity index (χ3v) is 7.34. The van der Waals surface area contributed by atoms with Gasteiger partial charge in [0, 0.05) is 4.90 Å². The van der Waals surface area contributed by atoms with E-state index >= 15 is 0 Å². The Morgan fingerprint density at radius 2 is 1.74 bits per heavy atom. The molecule has 1 unspecified atom stereocenters. The molecule has 0 saturated carbocycles. The lowest BCUT2D eigenvalue weighted by atomic mass is 10.1. The molecule has 0 spiro atoms. The average molecular weight is 521 g/mol. The van der Waals surface area contributed by atoms with Gasteiger partial charge in [0.15, 0.2) is 6.61 Å². The van der Waals surface area contributed by atoms with Crippen LogP contribution in [0.1, 0.15) is 18.5 Å². The smallest absolute Gasteiger partial charge is 0.261 e. The molecule has 10 heteroatoms. The molecule has 0 aliphatic rings. The molecule has 0 aromatic heterocycles. The van der Waals surface area contributed by atoms with Gasteiger partial charge in [-0.05, 0) is 73.3 Å². The minimum absolute atomic E-state index is 0.0403. The van der Waals surface area contributed by atoms with Crippen LogP contribution in [-0.2, 0) is 14.8 Å². The van der Waals surface area contributed by atoms with Gasteiger partial charge in [0.2, 0.25) is 0 Å². The summed E-state index contributed by atoms with van der Waals surface area (Å²) in [5.41, 5.74) is 1.30. The Kier molecular flexibility index (Phi) is 8.71. The second-order valence-corrected chi connectivity index (χ2v) is 10.2. The minimum Gasteiger partial charge on any atom is -0.495 e. The van der Waals surface area contributed by atoms with E-state index in [9.17, 15) is 13.2 Å². The summed E-state index contributed by atoms with van der Waals surface area (Å²) in [6.45, 7) is 1.70. The molecule has 3 aromatic carbocycles. The highest BCUT2D eigenvalue weighted by molar-refractivity contribution is 7.98. The first kappa shape index (κ1) is 25.7. The van der Waals surface area contributed by atoms with E-state index < -0.39 is 10.0 Å². The lowest BCUT2D eigenvalue weighted by molar-refractivity contribution is -0.123. The van der Waals surface area contributed by atoms with Crippen molar-refractivity contribution in [2.75, 3.05) is 24.7 Å². The number of carbonyl (C=O) groups excluding carboxylic acids is 1. The Morgan fingerprint density at radius 1 is 1.06 bits per heavy atom. The fourth-order valence-electron chi connectivity index (χ4n) is 3.07. The number of ether oxygens (including phenoxy) is 2. The molecule has 180 valence electrons. The van der Waals surface area contributed by atoms with Crippen LogP contribution in [0.15, 0.2) is 76.5 Å². The molecule has 1 amide bonds. The number of thioether (sulfide) groups is 1. The molecule has 0 aliphatic carbocycles. The summed E-state index contributed by atoms with van der Waals surface area (Å²) in [7, 11) is -2.36. The first-order valence-corrected chi connectivity index (χ1v) is 13.3. The number of hydrogen-bond donors (Lipinski definition) is 2. The standard InChI is InChI=1S/C24H25ClN2O5S2/c1-16(17-4-9-20(33-3)10-5-17)26-24(28)15-32-19-7-11-21(12-8-19)34(29,30)27-18-6-13-23(31-2)22(25)14-18/h4-14,16,27H,15H2,1-3H3,(H,26,28). The molecule has 0 aliphatic heterocycles. The summed E-state index contributed by atoms with van der Waals surface area (Å²) in [6.07, 6.45) is 2.01. The predicted octanol–water partition coefficient (Wildman–Crippen LogP) is 5.13. The molecule has 3 rings (SSSR count). The molecule has 0 bridgehead atoms. The van der Waals surface area contributed by atoms with E-state index in [2.05, 4.69) is 10.0 Å². The normalized spacial score (nSPS) is 12.0. The summed E-state index contributed by atoms with van der Waals surface area (Å²) in [5, 5.41) is 3.17. The topological polar surface area (TPSA) is 93.7 Å². The first-order chi connectivity index (χ1) is 16.2. The molecule has 0 saturated heterocycles. The van der Waals surface area contributed by atoms with Gasteiger partial charge in [0.1, 0.15) is 11.5 Å². The number of amides is 1. The van der Waals surface area contributed by atoms with Gasteiger partial charge in [-0.25, -0.2) is 8.42 Å². The largest absolute Gasteiger partial charge is 0.495 e. The van der Waals surface area contributed by atoms with Gasteiger partial charge < -0.3 is 14.8 Å². The summed E-state index contributed by atoms with van der Waals surface area (Å²) in [6, 6.07) is 18.2. The van der Waals surface area contributed by atoms with E-state index in [0.717, 1.165) is 10.5 Å². The van der Waals surface area contributed by atoms with Crippen molar-refractivity contribution in [1.82, 2.24) is 5.32 Å². The Morgan fingerprint density at radius 3 is 2.32 bits per heavy atom. The number of hydrogen-bond acceptors (Lipinski definition) is 6. The number of sulfonamides is 1. The van der Waals surface area contributed by atoms with Crippen LogP contribution in [0.25, 0.3) is 0 Å². The van der Waals surface area contributed by atoms with Crippen molar-refractivity contribution < 1.29 is 22.7 Å². The van der Waals surface area contributed by atoms with Crippen LogP contribution in [0.2, 0.25) is 5.02 Å². The van der Waals surface area contributed by atoms with E-state index in [1.54, 1.807) is 23.9 Å². The first-order valence-electron chi connectivity index (χ1n) is 10.2. The van der Waals surface area contributed by atoms with Crippen LogP contribution in [0.3, 0.4) is 0 Å². The van der Waals surface area contributed by atoms with Gasteiger partial charge in [0.25, 0.3) is 15.9 Å². The van der Waals surface area contributed by atoms with Crippen molar-refractivity contribution in [3.63, 3.8) is 0 Å². The van der Waals surface area contributed by atoms with E-state index in [0.29, 0.717) is 17.2 Å². The van der Waals surface area contributed by atoms with E-state index in [1.807, 2.05) is 37.4 Å². The zero-order valence-corrected chi connectivity index (χ0v) is 21.3. The van der Waals surface area contributed by atoms with Crippen molar-refractivity contribution >= 4 is 45.0 Å². The number of carbonyl (C=O) groups is 1. The van der Waals surface area contributed by atoms with Gasteiger partial charge in [-0.15, -0.1) is 11.8 Å². The van der Waals surface area contributed by atoms with Crippen LogP contribution < -0.4 is 19.5 Å². The molecule has 3 aromatic rings. The molecule has 7 nitrogen and oxygen atoms in total. The second kappa shape index (κ2) is 11.5. The average Bonchev–Trinajstić information content (AvgIpc) is 2.83. The number of methoxy groups -OCH3 is 1. The number of nitrogens with one attached hydrogen (secondary N) is 2. The number of rotatable bonds is 10. The molecule has 0 radical (unpaired) electrons. The van der Waals surface area contributed by atoms with E-state index in [-0.39, 0.29) is 28.5 Å². The highest BCUT2D eigenvalue weighted by Gasteiger charge is 2.16. The Labute approximate surface area is 208 Å². The maximum Gasteiger partial charge on any atom is 0.261 e. The van der Waals surface area contributed by atoms with Crippen molar-refractivity contribution in [1.29, 1.82) is 0 Å². The molecule has 1 atom stereocenters. The van der Waals surface area contributed by atoms with Gasteiger partial charge in [-0.3, -0.25) is 9.52 Å². The third kappa shape index (κ3) is 6.82. The summed E-state index contributed by atoms with van der Waals surface area (Å²) < 4.78 is 38.3. The molecule has 34 heavy (non-hydrogen) atoms. The van der Waals surface area contributed by atoms with Crippen LogP contribution in [0, 0.1) is 0 Å². The molecule has 2 N–H and O–H groups in total. The summed E-state index contributed by atoms with van der Waals surface area (Å²) in [5.74, 6) is 0.535. The van der Waals surface area contributed by atoms with Gasteiger partial charge in [0.05, 0.1) is 28.8 Å². The van der Waals surface area contributed by atoms with Crippen LogP contribution in [-0.4, -0.2) is 34.3 Å². The SMILES string of the molecule is COc1ccc(NS(=O)(=O)c2ccc(OCC(=O)NC(C)c3ccc(SC)cc3)cc2)cc1Cl. The maximum absolute atomic E-state index is 12.6. The minimum atomic E-state index is -3.84. The lowest BCUT2D eigenvalue weighted by Crippen LogP contribution is -2.31. The number of benzene rings is 3. The van der Waals surface area contributed by atoms with Crippen LogP contribution in [0.5, 0.6) is 11.5 Å². The zero-order valence-electron chi connectivity index (χ0n) is 18.9. The molecular weight excluding hydrogens is 496 g/mol. The Hall–Kier alpha value is -2.88. The Bertz CT molecular complexity index is 1230. The second-order valence-electron chi connectivity index (χ2n) is 7.28. The zero-order chi connectivity index (χ0) is 24.7. The number of halogens is 1. The van der Waals surface area contributed by atoms with E-state index in [1.165, 1.54) is 37.4 Å². The quantitative estimate of drug-likeness (QED) is 0.360. The molecule has 0 heterocycles. The molecule has 0 fully saturated rings. The predicted molar refractivity (Wildman–Crippen MR) is 136 cm³/mol. The highest BCUT2D eigenvalue weighted by atomic mass is 35.5. The van der Waals surface area contributed by atoms with Gasteiger partial charge in [-0.1, -0.05) is 23.7 Å². The fraction of sp³-hybridized carbons (Fsp3) is 0.208. The number of anilines is 1. The molecular formula is C24H25ClN2O5S2. The lowest BCUT2D eigenvalue weighted by Gasteiger charge is -2.15. The maximum atomic E-state index is 12.6. The van der Waals surface area contributed by atoms with Gasteiger partial charge in [-0.2, -0.15) is 0 Å². The fourth-order valence-corrected chi connectivity index (χ4v) is 4.78. The summed E-state index contributed by atoms with van der Waals surface area (Å²) >= 11 is 7.71.